The van der Waals surface area contributed by atoms with Gasteiger partial charge in [0.05, 0.1) is 12.7 Å². The third-order valence-electron chi connectivity index (χ3n) is 2.87. The van der Waals surface area contributed by atoms with Gasteiger partial charge >= 0.3 is 0 Å². The van der Waals surface area contributed by atoms with E-state index in [4.69, 9.17) is 4.74 Å². The average molecular weight is 274 g/mol. The number of ether oxygens (including phenoxy) is 1. The van der Waals surface area contributed by atoms with E-state index in [2.05, 4.69) is 29.1 Å². The first-order valence-corrected chi connectivity index (χ1v) is 6.88. The number of fused-ring (bicyclic) bond motifs is 1. The van der Waals surface area contributed by atoms with E-state index in [1.807, 2.05) is 28.8 Å². The van der Waals surface area contributed by atoms with Gasteiger partial charge < -0.3 is 4.74 Å². The Morgan fingerprint density at radius 2 is 2.00 bits per heavy atom. The maximum Gasteiger partial charge on any atom is 0.234 e. The van der Waals surface area contributed by atoms with Crippen LogP contribution in [-0.2, 0) is 0 Å². The molecule has 1 aromatic carbocycles. The van der Waals surface area contributed by atoms with Gasteiger partial charge in [0.1, 0.15) is 5.75 Å². The highest BCUT2D eigenvalue weighted by atomic mass is 32.1. The molecule has 98 valence electrons. The van der Waals surface area contributed by atoms with Crippen LogP contribution in [-0.4, -0.2) is 26.9 Å². The number of aromatic nitrogens is 4. The van der Waals surface area contributed by atoms with Gasteiger partial charge in [-0.15, -0.1) is 10.2 Å². The minimum Gasteiger partial charge on any atom is -0.496 e. The molecule has 0 saturated carbocycles. The first-order chi connectivity index (χ1) is 9.20. The number of para-hydroxylation sites is 1. The SMILES string of the molecule is COc1ccccc1-c1nn2c(C(C)C)nnc2s1. The lowest BCUT2D eigenvalue weighted by Gasteiger charge is -2.04. The molecule has 2 aromatic heterocycles. The Kier molecular flexibility index (Phi) is 2.94. The summed E-state index contributed by atoms with van der Waals surface area (Å²) in [4.78, 5) is 0.810. The molecule has 6 heteroatoms. The number of hydrogen-bond acceptors (Lipinski definition) is 5. The standard InChI is InChI=1S/C13H14N4OS/c1-8(2)11-14-15-13-17(11)16-12(19-13)9-6-4-5-7-10(9)18-3/h4-8H,1-3H3. The molecule has 0 bridgehead atoms. The molecule has 0 saturated heterocycles. The molecule has 0 aliphatic carbocycles. The van der Waals surface area contributed by atoms with Gasteiger partial charge in [0.25, 0.3) is 0 Å². The molecule has 0 radical (unpaired) electrons. The molecule has 2 heterocycles. The number of nitrogens with zero attached hydrogens (tertiary/aromatic N) is 4. The van der Waals surface area contributed by atoms with Crippen LogP contribution in [0.2, 0.25) is 0 Å². The zero-order valence-corrected chi connectivity index (χ0v) is 11.8. The Morgan fingerprint density at radius 1 is 1.21 bits per heavy atom. The maximum atomic E-state index is 5.37. The number of methoxy groups -OCH3 is 1. The summed E-state index contributed by atoms with van der Waals surface area (Å²) in [6, 6.07) is 7.85. The predicted octanol–water partition coefficient (Wildman–Crippen LogP) is 2.98. The minimum absolute atomic E-state index is 0.294. The molecule has 0 fully saturated rings. The normalized spacial score (nSPS) is 11.4. The largest absolute Gasteiger partial charge is 0.496 e. The minimum atomic E-state index is 0.294. The van der Waals surface area contributed by atoms with E-state index in [0.717, 1.165) is 27.1 Å². The monoisotopic (exact) mass is 274 g/mol. The summed E-state index contributed by atoms with van der Waals surface area (Å²) in [6.07, 6.45) is 0. The predicted molar refractivity (Wildman–Crippen MR) is 74.7 cm³/mol. The first kappa shape index (κ1) is 12.1. The molecule has 5 nitrogen and oxygen atoms in total. The van der Waals surface area contributed by atoms with Crippen LogP contribution in [0.3, 0.4) is 0 Å². The molecular formula is C13H14N4OS. The van der Waals surface area contributed by atoms with Gasteiger partial charge in [-0.1, -0.05) is 37.3 Å². The molecule has 0 spiro atoms. The van der Waals surface area contributed by atoms with E-state index in [1.165, 1.54) is 11.3 Å². The van der Waals surface area contributed by atoms with Crippen LogP contribution < -0.4 is 4.74 Å². The van der Waals surface area contributed by atoms with Crippen molar-refractivity contribution in [2.75, 3.05) is 7.11 Å². The van der Waals surface area contributed by atoms with Crippen LogP contribution in [0.25, 0.3) is 15.5 Å². The molecule has 0 atom stereocenters. The summed E-state index contributed by atoms with van der Waals surface area (Å²) >= 11 is 1.52. The van der Waals surface area contributed by atoms with E-state index < -0.39 is 0 Å². The Hall–Kier alpha value is -1.95. The quantitative estimate of drug-likeness (QED) is 0.736. The molecule has 0 amide bonds. The van der Waals surface area contributed by atoms with E-state index >= 15 is 0 Å². The second kappa shape index (κ2) is 4.62. The van der Waals surface area contributed by atoms with Gasteiger partial charge in [0, 0.05) is 5.92 Å². The summed E-state index contributed by atoms with van der Waals surface area (Å²) < 4.78 is 7.19. The van der Waals surface area contributed by atoms with Crippen molar-refractivity contribution in [2.24, 2.45) is 0 Å². The lowest BCUT2D eigenvalue weighted by atomic mass is 10.2. The maximum absolute atomic E-state index is 5.37. The van der Waals surface area contributed by atoms with Gasteiger partial charge in [-0.05, 0) is 12.1 Å². The Bertz CT molecular complexity index is 716. The van der Waals surface area contributed by atoms with Crippen molar-refractivity contribution in [1.82, 2.24) is 19.8 Å². The number of hydrogen-bond donors (Lipinski definition) is 0. The van der Waals surface area contributed by atoms with Gasteiger partial charge in [0.15, 0.2) is 10.8 Å². The fourth-order valence-corrected chi connectivity index (χ4v) is 2.80. The third kappa shape index (κ3) is 1.98. The van der Waals surface area contributed by atoms with Gasteiger partial charge in [-0.25, -0.2) is 0 Å². The molecule has 3 aromatic rings. The highest BCUT2D eigenvalue weighted by molar-refractivity contribution is 7.19. The van der Waals surface area contributed by atoms with Crippen molar-refractivity contribution >= 4 is 16.3 Å². The fourth-order valence-electron chi connectivity index (χ4n) is 1.92. The highest BCUT2D eigenvalue weighted by Gasteiger charge is 2.16. The van der Waals surface area contributed by atoms with Crippen molar-refractivity contribution in [1.29, 1.82) is 0 Å². The van der Waals surface area contributed by atoms with Crippen molar-refractivity contribution in [3.8, 4) is 16.3 Å². The van der Waals surface area contributed by atoms with Crippen LogP contribution >= 0.6 is 11.3 Å². The lowest BCUT2D eigenvalue weighted by Crippen LogP contribution is -1.98. The average Bonchev–Trinajstić information content (AvgIpc) is 2.97. The second-order valence-electron chi connectivity index (χ2n) is 4.51. The first-order valence-electron chi connectivity index (χ1n) is 6.06. The van der Waals surface area contributed by atoms with Gasteiger partial charge in [0.2, 0.25) is 4.96 Å². The van der Waals surface area contributed by atoms with Crippen molar-refractivity contribution in [3.63, 3.8) is 0 Å². The third-order valence-corrected chi connectivity index (χ3v) is 3.80. The van der Waals surface area contributed by atoms with Crippen molar-refractivity contribution in [2.45, 2.75) is 19.8 Å². The topological polar surface area (TPSA) is 52.3 Å². The van der Waals surface area contributed by atoms with Crippen LogP contribution in [0.5, 0.6) is 5.75 Å². The summed E-state index contributed by atoms with van der Waals surface area (Å²) in [5.74, 6) is 1.99. The Labute approximate surface area is 114 Å². The zero-order valence-electron chi connectivity index (χ0n) is 11.0. The smallest absolute Gasteiger partial charge is 0.234 e. The molecule has 0 unspecified atom stereocenters. The van der Waals surface area contributed by atoms with E-state index in [9.17, 15) is 0 Å². The van der Waals surface area contributed by atoms with Crippen LogP contribution in [0.15, 0.2) is 24.3 Å². The molecule has 0 aliphatic heterocycles. The zero-order chi connectivity index (χ0) is 13.4. The van der Waals surface area contributed by atoms with E-state index in [-0.39, 0.29) is 0 Å². The highest BCUT2D eigenvalue weighted by Crippen LogP contribution is 2.33. The van der Waals surface area contributed by atoms with Crippen LogP contribution in [0, 0.1) is 0 Å². The van der Waals surface area contributed by atoms with E-state index in [0.29, 0.717) is 5.92 Å². The number of benzene rings is 1. The molecule has 0 N–H and O–H groups in total. The lowest BCUT2D eigenvalue weighted by molar-refractivity contribution is 0.416. The van der Waals surface area contributed by atoms with Gasteiger partial charge in [-0.2, -0.15) is 9.61 Å². The summed E-state index contributed by atoms with van der Waals surface area (Å²) in [5.41, 5.74) is 0.982. The Morgan fingerprint density at radius 3 is 2.74 bits per heavy atom. The summed E-state index contributed by atoms with van der Waals surface area (Å²) in [6.45, 7) is 4.16. The van der Waals surface area contributed by atoms with Crippen molar-refractivity contribution in [3.05, 3.63) is 30.1 Å². The van der Waals surface area contributed by atoms with E-state index in [1.54, 1.807) is 7.11 Å². The second-order valence-corrected chi connectivity index (χ2v) is 5.47. The molecule has 19 heavy (non-hydrogen) atoms. The summed E-state index contributed by atoms with van der Waals surface area (Å²) in [5, 5.41) is 13.8. The van der Waals surface area contributed by atoms with Crippen LogP contribution in [0.1, 0.15) is 25.6 Å². The molecule has 3 rings (SSSR count). The fraction of sp³-hybridized carbons (Fsp3) is 0.308. The Balaban J connectivity index is 2.16. The molecular weight excluding hydrogens is 260 g/mol. The van der Waals surface area contributed by atoms with Crippen molar-refractivity contribution < 1.29 is 4.74 Å². The van der Waals surface area contributed by atoms with Gasteiger partial charge in [-0.3, -0.25) is 0 Å². The molecule has 0 aliphatic rings. The van der Waals surface area contributed by atoms with Crippen LogP contribution in [0.4, 0.5) is 0 Å². The number of rotatable bonds is 3. The summed E-state index contributed by atoms with van der Waals surface area (Å²) in [7, 11) is 1.67.